The number of hydrogen-bond acceptors (Lipinski definition) is 4. The molecule has 2 atom stereocenters. The molecule has 1 aromatic carbocycles. The molecule has 1 aliphatic rings. The third kappa shape index (κ3) is 4.15. The quantitative estimate of drug-likeness (QED) is 0.871. The lowest BCUT2D eigenvalue weighted by atomic mass is 9.94. The van der Waals surface area contributed by atoms with Crippen LogP contribution in [-0.2, 0) is 4.74 Å². The fourth-order valence-corrected chi connectivity index (χ4v) is 3.83. The first-order valence-corrected chi connectivity index (χ1v) is 8.90. The molecule has 0 aliphatic carbocycles. The summed E-state index contributed by atoms with van der Waals surface area (Å²) in [6, 6.07) is 4.56. The van der Waals surface area contributed by atoms with Gasteiger partial charge in [0.15, 0.2) is 0 Å². The van der Waals surface area contributed by atoms with Crippen LogP contribution in [0.4, 0.5) is 0 Å². The van der Waals surface area contributed by atoms with Crippen molar-refractivity contribution in [3.8, 4) is 5.75 Å². The minimum Gasteiger partial charge on any atom is -0.496 e. The molecule has 1 heterocycles. The monoisotopic (exact) mass is 309 g/mol. The lowest BCUT2D eigenvalue weighted by Gasteiger charge is -2.33. The Morgan fingerprint density at radius 1 is 1.43 bits per heavy atom. The number of ether oxygens (including phenoxy) is 2. The molecule has 118 valence electrons. The van der Waals surface area contributed by atoms with E-state index in [0.717, 1.165) is 36.8 Å². The van der Waals surface area contributed by atoms with Gasteiger partial charge in [-0.3, -0.25) is 0 Å². The number of benzene rings is 1. The van der Waals surface area contributed by atoms with Crippen molar-refractivity contribution in [1.29, 1.82) is 0 Å². The summed E-state index contributed by atoms with van der Waals surface area (Å²) in [6.07, 6.45) is 1.33. The summed E-state index contributed by atoms with van der Waals surface area (Å²) in [5.41, 5.74) is 3.77. The van der Waals surface area contributed by atoms with E-state index in [-0.39, 0.29) is 12.1 Å². The van der Waals surface area contributed by atoms with Gasteiger partial charge in [0.1, 0.15) is 5.75 Å². The van der Waals surface area contributed by atoms with E-state index in [9.17, 15) is 0 Å². The maximum Gasteiger partial charge on any atom is 0.124 e. The van der Waals surface area contributed by atoms with Gasteiger partial charge in [0.05, 0.1) is 25.9 Å². The number of hydrogen-bond donors (Lipinski definition) is 1. The largest absolute Gasteiger partial charge is 0.496 e. The van der Waals surface area contributed by atoms with Gasteiger partial charge in [-0.1, -0.05) is 13.0 Å². The molecular formula is C17H27NO2S. The standard InChI is InChI=1S/C17H27NO2S/c1-5-6-18-17(15-11-21-8-7-20-15)16-13(3)9-12(2)10-14(16)19-4/h9-10,15,17-18H,5-8,11H2,1-4H3. The molecule has 0 spiro atoms. The van der Waals surface area contributed by atoms with Gasteiger partial charge in [-0.25, -0.2) is 0 Å². The zero-order valence-electron chi connectivity index (χ0n) is 13.6. The second kappa shape index (κ2) is 8.06. The van der Waals surface area contributed by atoms with Crippen LogP contribution in [0.15, 0.2) is 12.1 Å². The average molecular weight is 309 g/mol. The smallest absolute Gasteiger partial charge is 0.124 e. The van der Waals surface area contributed by atoms with Gasteiger partial charge >= 0.3 is 0 Å². The molecule has 0 bridgehead atoms. The maximum atomic E-state index is 6.04. The molecule has 1 aromatic rings. The lowest BCUT2D eigenvalue weighted by Crippen LogP contribution is -2.39. The number of nitrogens with one attached hydrogen (secondary N) is 1. The van der Waals surface area contributed by atoms with Crippen LogP contribution < -0.4 is 10.1 Å². The van der Waals surface area contributed by atoms with Crippen molar-refractivity contribution in [2.45, 2.75) is 39.3 Å². The van der Waals surface area contributed by atoms with E-state index < -0.39 is 0 Å². The molecule has 1 aliphatic heterocycles. The van der Waals surface area contributed by atoms with Crippen molar-refractivity contribution in [2.75, 3.05) is 31.8 Å². The summed E-state index contributed by atoms with van der Waals surface area (Å²) in [5.74, 6) is 3.11. The minimum absolute atomic E-state index is 0.202. The van der Waals surface area contributed by atoms with Crippen LogP contribution in [0.5, 0.6) is 5.75 Å². The van der Waals surface area contributed by atoms with Gasteiger partial charge in [0.2, 0.25) is 0 Å². The van der Waals surface area contributed by atoms with Crippen molar-refractivity contribution in [2.24, 2.45) is 0 Å². The molecule has 0 radical (unpaired) electrons. The van der Waals surface area contributed by atoms with Crippen molar-refractivity contribution < 1.29 is 9.47 Å². The molecule has 1 saturated heterocycles. The van der Waals surface area contributed by atoms with Crippen LogP contribution in [0.25, 0.3) is 0 Å². The van der Waals surface area contributed by atoms with Crippen LogP contribution >= 0.6 is 11.8 Å². The molecule has 0 amide bonds. The van der Waals surface area contributed by atoms with E-state index >= 15 is 0 Å². The molecule has 2 rings (SSSR count). The Balaban J connectivity index is 2.34. The number of aryl methyl sites for hydroxylation is 2. The van der Waals surface area contributed by atoms with Crippen molar-refractivity contribution in [3.63, 3.8) is 0 Å². The summed E-state index contributed by atoms with van der Waals surface area (Å²) in [6.45, 7) is 8.31. The normalized spacial score (nSPS) is 20.3. The Morgan fingerprint density at radius 3 is 2.86 bits per heavy atom. The molecule has 1 N–H and O–H groups in total. The minimum atomic E-state index is 0.202. The summed E-state index contributed by atoms with van der Waals surface area (Å²) < 4.78 is 11.7. The SMILES string of the molecule is CCCNC(c1c(C)cc(C)cc1OC)C1CSCCO1. The van der Waals surface area contributed by atoms with E-state index in [1.165, 1.54) is 16.7 Å². The van der Waals surface area contributed by atoms with E-state index in [2.05, 4.69) is 38.2 Å². The fourth-order valence-electron chi connectivity index (χ4n) is 2.92. The number of thioether (sulfide) groups is 1. The van der Waals surface area contributed by atoms with Gasteiger partial charge < -0.3 is 14.8 Å². The zero-order valence-corrected chi connectivity index (χ0v) is 14.4. The highest BCUT2D eigenvalue weighted by Gasteiger charge is 2.29. The second-order valence-electron chi connectivity index (χ2n) is 5.61. The van der Waals surface area contributed by atoms with Crippen LogP contribution in [0.2, 0.25) is 0 Å². The molecule has 1 fully saturated rings. The second-order valence-corrected chi connectivity index (χ2v) is 6.76. The molecule has 0 saturated carbocycles. The Bertz CT molecular complexity index is 458. The van der Waals surface area contributed by atoms with Gasteiger partial charge in [0, 0.05) is 17.1 Å². The molecule has 3 nitrogen and oxygen atoms in total. The zero-order chi connectivity index (χ0) is 15.2. The summed E-state index contributed by atoms with van der Waals surface area (Å²) >= 11 is 1.98. The van der Waals surface area contributed by atoms with Gasteiger partial charge in [-0.15, -0.1) is 0 Å². The van der Waals surface area contributed by atoms with E-state index in [1.54, 1.807) is 7.11 Å². The topological polar surface area (TPSA) is 30.5 Å². The first-order valence-electron chi connectivity index (χ1n) is 7.75. The van der Waals surface area contributed by atoms with Crippen LogP contribution in [0, 0.1) is 13.8 Å². The average Bonchev–Trinajstić information content (AvgIpc) is 2.49. The lowest BCUT2D eigenvalue weighted by molar-refractivity contribution is 0.0460. The first kappa shape index (κ1) is 16.7. The third-order valence-corrected chi connectivity index (χ3v) is 4.87. The van der Waals surface area contributed by atoms with Gasteiger partial charge in [-0.2, -0.15) is 11.8 Å². The number of rotatable bonds is 6. The van der Waals surface area contributed by atoms with E-state index in [1.807, 2.05) is 11.8 Å². The van der Waals surface area contributed by atoms with Crippen LogP contribution in [0.1, 0.15) is 36.1 Å². The summed E-state index contributed by atoms with van der Waals surface area (Å²) in [7, 11) is 1.76. The summed E-state index contributed by atoms with van der Waals surface area (Å²) in [5, 5.41) is 3.67. The van der Waals surface area contributed by atoms with Crippen LogP contribution in [-0.4, -0.2) is 37.9 Å². The Kier molecular flexibility index (Phi) is 6.40. The predicted molar refractivity (Wildman–Crippen MR) is 90.6 cm³/mol. The van der Waals surface area contributed by atoms with E-state index in [0.29, 0.717) is 0 Å². The van der Waals surface area contributed by atoms with Crippen molar-refractivity contribution in [3.05, 3.63) is 28.8 Å². The highest BCUT2D eigenvalue weighted by Crippen LogP contribution is 2.35. The number of methoxy groups -OCH3 is 1. The molecule has 4 heteroatoms. The highest BCUT2D eigenvalue weighted by molar-refractivity contribution is 7.99. The molecule has 21 heavy (non-hydrogen) atoms. The highest BCUT2D eigenvalue weighted by atomic mass is 32.2. The van der Waals surface area contributed by atoms with Crippen LogP contribution in [0.3, 0.4) is 0 Å². The van der Waals surface area contributed by atoms with Crippen molar-refractivity contribution in [1.82, 2.24) is 5.32 Å². The molecule has 0 aromatic heterocycles. The van der Waals surface area contributed by atoms with Crippen molar-refractivity contribution >= 4 is 11.8 Å². The molecule has 2 unspecified atom stereocenters. The Labute approximate surface area is 132 Å². The Hall–Kier alpha value is -0.710. The third-order valence-electron chi connectivity index (χ3n) is 3.85. The fraction of sp³-hybridized carbons (Fsp3) is 0.647. The first-order chi connectivity index (χ1) is 10.2. The van der Waals surface area contributed by atoms with Gasteiger partial charge in [0.25, 0.3) is 0 Å². The van der Waals surface area contributed by atoms with E-state index in [4.69, 9.17) is 9.47 Å². The molecular weight excluding hydrogens is 282 g/mol. The maximum absolute atomic E-state index is 6.04. The summed E-state index contributed by atoms with van der Waals surface area (Å²) in [4.78, 5) is 0. The Morgan fingerprint density at radius 2 is 2.24 bits per heavy atom. The van der Waals surface area contributed by atoms with Gasteiger partial charge in [-0.05, 0) is 44.0 Å². The predicted octanol–water partition coefficient (Wildman–Crippen LogP) is 3.48.